The van der Waals surface area contributed by atoms with Crippen LogP contribution in [-0.2, 0) is 9.53 Å². The fourth-order valence-corrected chi connectivity index (χ4v) is 1.83. The summed E-state index contributed by atoms with van der Waals surface area (Å²) in [6.45, 7) is 0. The summed E-state index contributed by atoms with van der Waals surface area (Å²) in [7, 11) is 1.14. The summed E-state index contributed by atoms with van der Waals surface area (Å²) in [5, 5.41) is 9.55. The predicted molar refractivity (Wildman–Crippen MR) is 55.2 cm³/mol. The van der Waals surface area contributed by atoms with E-state index in [4.69, 9.17) is 0 Å². The molecule has 0 fully saturated rings. The second-order valence-corrected chi connectivity index (χ2v) is 3.63. The summed E-state index contributed by atoms with van der Waals surface area (Å²) in [5.41, 5.74) is -0.0307. The van der Waals surface area contributed by atoms with Crippen LogP contribution in [0.1, 0.15) is 11.7 Å². The molecule has 0 saturated heterocycles. The van der Waals surface area contributed by atoms with E-state index in [1.54, 1.807) is 12.3 Å². The Morgan fingerprint density at radius 2 is 2.27 bits per heavy atom. The number of hydrogen-bond donors (Lipinski definition) is 1. The second kappa shape index (κ2) is 5.14. The molecule has 3 nitrogen and oxygen atoms in total. The largest absolute Gasteiger partial charge is 0.467 e. The fourth-order valence-electron chi connectivity index (χ4n) is 1.19. The van der Waals surface area contributed by atoms with Crippen LogP contribution in [-0.4, -0.2) is 24.4 Å². The molecule has 0 amide bonds. The van der Waals surface area contributed by atoms with E-state index in [1.165, 1.54) is 23.9 Å². The first-order valence-corrected chi connectivity index (χ1v) is 5.42. The molecule has 5 heteroatoms. The van der Waals surface area contributed by atoms with E-state index in [0.29, 0.717) is 4.90 Å². The van der Waals surface area contributed by atoms with Gasteiger partial charge >= 0.3 is 5.97 Å². The molecule has 0 bridgehead atoms. The van der Waals surface area contributed by atoms with Gasteiger partial charge in [0, 0.05) is 10.5 Å². The number of aliphatic hydroxyl groups is 1. The van der Waals surface area contributed by atoms with Crippen molar-refractivity contribution in [3.05, 3.63) is 29.6 Å². The van der Waals surface area contributed by atoms with Crippen LogP contribution in [0.2, 0.25) is 0 Å². The van der Waals surface area contributed by atoms with Gasteiger partial charge in [0.1, 0.15) is 5.82 Å². The number of halogens is 1. The molecule has 1 aromatic carbocycles. The summed E-state index contributed by atoms with van der Waals surface area (Å²) >= 11 is 1.26. The molecular weight excluding hydrogens is 219 g/mol. The highest BCUT2D eigenvalue weighted by Gasteiger charge is 2.24. The van der Waals surface area contributed by atoms with Crippen LogP contribution in [0.3, 0.4) is 0 Å². The van der Waals surface area contributed by atoms with Crippen molar-refractivity contribution in [1.82, 2.24) is 0 Å². The SMILES string of the molecule is COC(=O)C(O)c1c(F)cccc1SC. The lowest BCUT2D eigenvalue weighted by molar-refractivity contribution is -0.151. The van der Waals surface area contributed by atoms with Crippen molar-refractivity contribution < 1.29 is 19.0 Å². The van der Waals surface area contributed by atoms with E-state index < -0.39 is 17.9 Å². The van der Waals surface area contributed by atoms with Crippen LogP contribution in [0.5, 0.6) is 0 Å². The Morgan fingerprint density at radius 1 is 1.60 bits per heavy atom. The lowest BCUT2D eigenvalue weighted by Gasteiger charge is -2.12. The highest BCUT2D eigenvalue weighted by Crippen LogP contribution is 2.28. The minimum atomic E-state index is -1.57. The smallest absolute Gasteiger partial charge is 0.339 e. The average Bonchev–Trinajstić information content (AvgIpc) is 2.26. The summed E-state index contributed by atoms with van der Waals surface area (Å²) in [6, 6.07) is 4.35. The topological polar surface area (TPSA) is 46.5 Å². The molecule has 0 aromatic heterocycles. The van der Waals surface area contributed by atoms with Gasteiger partial charge in [-0.15, -0.1) is 11.8 Å². The van der Waals surface area contributed by atoms with Crippen LogP contribution < -0.4 is 0 Å². The number of rotatable bonds is 3. The summed E-state index contributed by atoms with van der Waals surface area (Å²) in [5.74, 6) is -1.48. The first-order chi connectivity index (χ1) is 7.11. The van der Waals surface area contributed by atoms with Gasteiger partial charge in [-0.05, 0) is 18.4 Å². The molecule has 0 aliphatic heterocycles. The Balaban J connectivity index is 3.16. The van der Waals surface area contributed by atoms with Gasteiger partial charge < -0.3 is 9.84 Å². The molecule has 1 N–H and O–H groups in total. The third-order valence-corrected chi connectivity index (χ3v) is 2.73. The van der Waals surface area contributed by atoms with Gasteiger partial charge in [0.2, 0.25) is 0 Å². The maximum atomic E-state index is 13.4. The maximum absolute atomic E-state index is 13.4. The van der Waals surface area contributed by atoms with Gasteiger partial charge in [0.15, 0.2) is 6.10 Å². The Hall–Kier alpha value is -1.07. The molecule has 0 saturated carbocycles. The van der Waals surface area contributed by atoms with Gasteiger partial charge in [-0.2, -0.15) is 0 Å². The molecule has 0 spiro atoms. The van der Waals surface area contributed by atoms with Crippen molar-refractivity contribution in [2.24, 2.45) is 0 Å². The molecule has 0 aliphatic carbocycles. The fraction of sp³-hybridized carbons (Fsp3) is 0.300. The van der Waals surface area contributed by atoms with E-state index in [0.717, 1.165) is 7.11 Å². The molecule has 15 heavy (non-hydrogen) atoms. The third kappa shape index (κ3) is 2.49. The number of methoxy groups -OCH3 is 1. The number of ether oxygens (including phenoxy) is 1. The molecular formula is C10H11FO3S. The number of hydrogen-bond acceptors (Lipinski definition) is 4. The van der Waals surface area contributed by atoms with Crippen molar-refractivity contribution in [2.75, 3.05) is 13.4 Å². The summed E-state index contributed by atoms with van der Waals surface area (Å²) < 4.78 is 17.8. The molecule has 1 aromatic rings. The standard InChI is InChI=1S/C10H11FO3S/c1-14-10(13)9(12)8-6(11)4-3-5-7(8)15-2/h3-5,9,12H,1-2H3. The molecule has 1 rings (SSSR count). The van der Waals surface area contributed by atoms with Crippen molar-refractivity contribution >= 4 is 17.7 Å². The number of carbonyl (C=O) groups is 1. The lowest BCUT2D eigenvalue weighted by Crippen LogP contribution is -2.15. The molecule has 82 valence electrons. The predicted octanol–water partition coefficient (Wildman–Crippen LogP) is 1.75. The summed E-state index contributed by atoms with van der Waals surface area (Å²) in [4.78, 5) is 11.6. The molecule has 0 heterocycles. The van der Waals surface area contributed by atoms with E-state index in [9.17, 15) is 14.3 Å². The summed E-state index contributed by atoms with van der Waals surface area (Å²) in [6.07, 6.45) is 0.168. The highest BCUT2D eigenvalue weighted by molar-refractivity contribution is 7.98. The van der Waals surface area contributed by atoms with Crippen molar-refractivity contribution in [2.45, 2.75) is 11.0 Å². The number of carbonyl (C=O) groups excluding carboxylic acids is 1. The minimum absolute atomic E-state index is 0.0307. The average molecular weight is 230 g/mol. The monoisotopic (exact) mass is 230 g/mol. The second-order valence-electron chi connectivity index (χ2n) is 2.78. The Kier molecular flexibility index (Phi) is 4.11. The van der Waals surface area contributed by atoms with Gasteiger partial charge in [0.05, 0.1) is 7.11 Å². The number of esters is 1. The van der Waals surface area contributed by atoms with E-state index >= 15 is 0 Å². The molecule has 0 radical (unpaired) electrons. The van der Waals surface area contributed by atoms with E-state index in [-0.39, 0.29) is 5.56 Å². The number of thioether (sulfide) groups is 1. The Bertz CT molecular complexity index is 368. The van der Waals surface area contributed by atoms with E-state index in [2.05, 4.69) is 4.74 Å². The van der Waals surface area contributed by atoms with E-state index in [1.807, 2.05) is 0 Å². The van der Waals surface area contributed by atoms with Crippen molar-refractivity contribution in [1.29, 1.82) is 0 Å². The molecule has 1 atom stereocenters. The minimum Gasteiger partial charge on any atom is -0.467 e. The van der Waals surface area contributed by atoms with Crippen LogP contribution >= 0.6 is 11.8 Å². The van der Waals surface area contributed by atoms with Gasteiger partial charge in [-0.25, -0.2) is 9.18 Å². The first-order valence-electron chi connectivity index (χ1n) is 4.20. The highest BCUT2D eigenvalue weighted by atomic mass is 32.2. The maximum Gasteiger partial charge on any atom is 0.339 e. The third-order valence-electron chi connectivity index (χ3n) is 1.93. The van der Waals surface area contributed by atoms with Crippen molar-refractivity contribution in [3.8, 4) is 0 Å². The van der Waals surface area contributed by atoms with Gasteiger partial charge in [0.25, 0.3) is 0 Å². The number of aliphatic hydroxyl groups excluding tert-OH is 1. The van der Waals surface area contributed by atoms with Crippen molar-refractivity contribution in [3.63, 3.8) is 0 Å². The lowest BCUT2D eigenvalue weighted by atomic mass is 10.1. The number of benzene rings is 1. The zero-order chi connectivity index (χ0) is 11.4. The van der Waals surface area contributed by atoms with Crippen LogP contribution in [0.4, 0.5) is 4.39 Å². The Morgan fingerprint density at radius 3 is 2.80 bits per heavy atom. The first kappa shape index (κ1) is 12.0. The zero-order valence-electron chi connectivity index (χ0n) is 8.36. The van der Waals surface area contributed by atoms with Crippen LogP contribution in [0.25, 0.3) is 0 Å². The molecule has 1 unspecified atom stereocenters. The zero-order valence-corrected chi connectivity index (χ0v) is 9.18. The quantitative estimate of drug-likeness (QED) is 0.635. The van der Waals surface area contributed by atoms with Gasteiger partial charge in [-0.1, -0.05) is 6.07 Å². The Labute approximate surface area is 91.2 Å². The van der Waals surface area contributed by atoms with Gasteiger partial charge in [-0.3, -0.25) is 0 Å². The molecule has 0 aliphatic rings. The normalized spacial score (nSPS) is 12.3. The van der Waals surface area contributed by atoms with Crippen LogP contribution in [0, 0.1) is 5.82 Å². The van der Waals surface area contributed by atoms with Crippen LogP contribution in [0.15, 0.2) is 23.1 Å².